The van der Waals surface area contributed by atoms with Crippen molar-refractivity contribution in [3.8, 4) is 0 Å². The van der Waals surface area contributed by atoms with E-state index in [9.17, 15) is 8.42 Å². The molecule has 0 spiro atoms. The van der Waals surface area contributed by atoms with E-state index in [2.05, 4.69) is 5.32 Å². The second kappa shape index (κ2) is 8.19. The van der Waals surface area contributed by atoms with E-state index in [1.165, 1.54) is 4.31 Å². The lowest BCUT2D eigenvalue weighted by Crippen LogP contribution is -2.46. The summed E-state index contributed by atoms with van der Waals surface area (Å²) in [6.07, 6.45) is 3.98. The van der Waals surface area contributed by atoms with Gasteiger partial charge in [0.25, 0.3) is 10.2 Å². The molecule has 0 amide bonds. The van der Waals surface area contributed by atoms with Crippen molar-refractivity contribution in [2.24, 2.45) is 5.92 Å². The SMILES string of the molecule is CCCN(CCC)S(=O)(=O)N(C)CC1CCCNC1. The normalized spacial score (nSPS) is 21.2. The first kappa shape index (κ1) is 16.9. The topological polar surface area (TPSA) is 52.7 Å². The van der Waals surface area contributed by atoms with Crippen LogP contribution in [0.2, 0.25) is 0 Å². The van der Waals surface area contributed by atoms with Gasteiger partial charge < -0.3 is 5.32 Å². The van der Waals surface area contributed by atoms with Crippen molar-refractivity contribution in [3.05, 3.63) is 0 Å². The minimum absolute atomic E-state index is 0.443. The quantitative estimate of drug-likeness (QED) is 0.733. The zero-order valence-corrected chi connectivity index (χ0v) is 13.4. The van der Waals surface area contributed by atoms with Gasteiger partial charge in [-0.3, -0.25) is 0 Å². The van der Waals surface area contributed by atoms with Gasteiger partial charge in [-0.15, -0.1) is 0 Å². The summed E-state index contributed by atoms with van der Waals surface area (Å²) in [5.74, 6) is 0.443. The molecular formula is C13H29N3O2S. The molecule has 1 fully saturated rings. The summed E-state index contributed by atoms with van der Waals surface area (Å²) in [6, 6.07) is 0. The van der Waals surface area contributed by atoms with E-state index in [-0.39, 0.29) is 0 Å². The van der Waals surface area contributed by atoms with Crippen LogP contribution in [-0.2, 0) is 10.2 Å². The molecule has 0 aromatic heterocycles. The van der Waals surface area contributed by atoms with Crippen molar-refractivity contribution < 1.29 is 8.42 Å². The predicted octanol–water partition coefficient (Wildman–Crippen LogP) is 1.28. The molecule has 1 atom stereocenters. The van der Waals surface area contributed by atoms with Gasteiger partial charge in [-0.2, -0.15) is 17.0 Å². The first-order valence-corrected chi connectivity index (χ1v) is 8.84. The zero-order valence-electron chi connectivity index (χ0n) is 12.6. The Morgan fingerprint density at radius 3 is 2.32 bits per heavy atom. The maximum Gasteiger partial charge on any atom is 0.281 e. The van der Waals surface area contributed by atoms with Crippen LogP contribution in [0.1, 0.15) is 39.5 Å². The molecule has 114 valence electrons. The number of piperidine rings is 1. The van der Waals surface area contributed by atoms with Crippen LogP contribution >= 0.6 is 0 Å². The van der Waals surface area contributed by atoms with Crippen molar-refractivity contribution in [1.29, 1.82) is 0 Å². The standard InChI is InChI=1S/C13H29N3O2S/c1-4-9-16(10-5-2)19(17,18)15(3)12-13-7-6-8-14-11-13/h13-14H,4-12H2,1-3H3. The minimum Gasteiger partial charge on any atom is -0.316 e. The van der Waals surface area contributed by atoms with Gasteiger partial charge >= 0.3 is 0 Å². The highest BCUT2D eigenvalue weighted by Crippen LogP contribution is 2.15. The molecule has 1 aliphatic rings. The molecule has 19 heavy (non-hydrogen) atoms. The summed E-state index contributed by atoms with van der Waals surface area (Å²) in [6.45, 7) is 7.88. The lowest BCUT2D eigenvalue weighted by molar-refractivity contribution is 0.293. The Kier molecular flexibility index (Phi) is 7.28. The molecule has 1 aliphatic heterocycles. The van der Waals surface area contributed by atoms with Gasteiger partial charge in [-0.1, -0.05) is 13.8 Å². The average molecular weight is 291 g/mol. The highest BCUT2D eigenvalue weighted by Gasteiger charge is 2.28. The third-order valence-corrected chi connectivity index (χ3v) is 5.53. The van der Waals surface area contributed by atoms with Gasteiger partial charge in [-0.25, -0.2) is 0 Å². The maximum absolute atomic E-state index is 12.5. The van der Waals surface area contributed by atoms with E-state index in [1.807, 2.05) is 13.8 Å². The second-order valence-electron chi connectivity index (χ2n) is 5.40. The number of rotatable bonds is 8. The van der Waals surface area contributed by atoms with E-state index in [1.54, 1.807) is 11.4 Å². The van der Waals surface area contributed by atoms with Gasteiger partial charge in [0.2, 0.25) is 0 Å². The zero-order chi connectivity index (χ0) is 14.3. The van der Waals surface area contributed by atoms with Crippen LogP contribution in [0.15, 0.2) is 0 Å². The Hall–Kier alpha value is -0.170. The summed E-state index contributed by atoms with van der Waals surface area (Å²) in [5.41, 5.74) is 0. The average Bonchev–Trinajstić information content (AvgIpc) is 2.39. The van der Waals surface area contributed by atoms with Crippen LogP contribution in [-0.4, -0.2) is 56.8 Å². The Morgan fingerprint density at radius 1 is 1.21 bits per heavy atom. The Bertz CT molecular complexity index is 334. The number of nitrogens with one attached hydrogen (secondary N) is 1. The molecule has 0 aromatic rings. The summed E-state index contributed by atoms with van der Waals surface area (Å²) in [7, 11) is -1.58. The molecule has 0 aliphatic carbocycles. The molecule has 6 heteroatoms. The summed E-state index contributed by atoms with van der Waals surface area (Å²) in [5, 5.41) is 3.34. The second-order valence-corrected chi connectivity index (χ2v) is 7.44. The van der Waals surface area contributed by atoms with E-state index in [0.717, 1.165) is 38.8 Å². The van der Waals surface area contributed by atoms with Gasteiger partial charge in [0.15, 0.2) is 0 Å². The Labute approximate surface area is 118 Å². The fourth-order valence-electron chi connectivity index (χ4n) is 2.58. The molecule has 5 nitrogen and oxygen atoms in total. The predicted molar refractivity (Wildman–Crippen MR) is 79.3 cm³/mol. The van der Waals surface area contributed by atoms with Gasteiger partial charge in [0.05, 0.1) is 0 Å². The fourth-order valence-corrected chi connectivity index (χ4v) is 4.20. The lowest BCUT2D eigenvalue weighted by Gasteiger charge is -2.31. The van der Waals surface area contributed by atoms with E-state index in [4.69, 9.17) is 0 Å². The summed E-state index contributed by atoms with van der Waals surface area (Å²) in [4.78, 5) is 0. The van der Waals surface area contributed by atoms with Crippen molar-refractivity contribution in [1.82, 2.24) is 13.9 Å². The Balaban J connectivity index is 2.62. The van der Waals surface area contributed by atoms with Gasteiger partial charge in [-0.05, 0) is 44.7 Å². The van der Waals surface area contributed by atoms with Crippen LogP contribution in [0.3, 0.4) is 0 Å². The molecule has 1 heterocycles. The highest BCUT2D eigenvalue weighted by molar-refractivity contribution is 7.86. The first-order valence-electron chi connectivity index (χ1n) is 7.44. The van der Waals surface area contributed by atoms with Gasteiger partial charge in [0.1, 0.15) is 0 Å². The molecule has 1 N–H and O–H groups in total. The lowest BCUT2D eigenvalue weighted by atomic mass is 10.00. The van der Waals surface area contributed by atoms with Crippen LogP contribution in [0.25, 0.3) is 0 Å². The monoisotopic (exact) mass is 291 g/mol. The van der Waals surface area contributed by atoms with Crippen LogP contribution in [0, 0.1) is 5.92 Å². The smallest absolute Gasteiger partial charge is 0.281 e. The molecule has 0 bridgehead atoms. The number of hydrogen-bond acceptors (Lipinski definition) is 3. The molecule has 1 unspecified atom stereocenters. The third-order valence-electron chi connectivity index (χ3n) is 3.58. The largest absolute Gasteiger partial charge is 0.316 e. The summed E-state index contributed by atoms with van der Waals surface area (Å²) < 4.78 is 28.2. The van der Waals surface area contributed by atoms with E-state index < -0.39 is 10.2 Å². The minimum atomic E-state index is -3.29. The third kappa shape index (κ3) is 5.02. The molecule has 1 saturated heterocycles. The Morgan fingerprint density at radius 2 is 1.84 bits per heavy atom. The number of nitrogens with zero attached hydrogens (tertiary/aromatic N) is 2. The maximum atomic E-state index is 12.5. The van der Waals surface area contributed by atoms with Crippen molar-refractivity contribution in [2.75, 3.05) is 39.8 Å². The summed E-state index contributed by atoms with van der Waals surface area (Å²) >= 11 is 0. The highest BCUT2D eigenvalue weighted by atomic mass is 32.2. The fraction of sp³-hybridized carbons (Fsp3) is 1.00. The van der Waals surface area contributed by atoms with E-state index >= 15 is 0 Å². The van der Waals surface area contributed by atoms with Crippen molar-refractivity contribution in [3.63, 3.8) is 0 Å². The first-order chi connectivity index (χ1) is 9.02. The number of hydrogen-bond donors (Lipinski definition) is 1. The van der Waals surface area contributed by atoms with Crippen LogP contribution in [0.4, 0.5) is 0 Å². The molecule has 0 saturated carbocycles. The molecular weight excluding hydrogens is 262 g/mol. The van der Waals surface area contributed by atoms with E-state index in [0.29, 0.717) is 25.6 Å². The van der Waals surface area contributed by atoms with Gasteiger partial charge in [0, 0.05) is 26.7 Å². The van der Waals surface area contributed by atoms with Crippen LogP contribution < -0.4 is 5.32 Å². The molecule has 1 rings (SSSR count). The molecule has 0 aromatic carbocycles. The van der Waals surface area contributed by atoms with Crippen molar-refractivity contribution >= 4 is 10.2 Å². The molecule has 0 radical (unpaired) electrons. The van der Waals surface area contributed by atoms with Crippen molar-refractivity contribution in [2.45, 2.75) is 39.5 Å². The van der Waals surface area contributed by atoms with Crippen LogP contribution in [0.5, 0.6) is 0 Å².